The number of non-ortho nitro benzene ring substituents is 2. The summed E-state index contributed by atoms with van der Waals surface area (Å²) in [5.74, 6) is -0.530. The van der Waals surface area contributed by atoms with Crippen LogP contribution in [0.4, 0.5) is 11.4 Å². The van der Waals surface area contributed by atoms with Crippen LogP contribution in [0.25, 0.3) is 11.1 Å². The van der Waals surface area contributed by atoms with Crippen LogP contribution in [0.2, 0.25) is 0 Å². The normalized spacial score (nSPS) is 13.8. The summed E-state index contributed by atoms with van der Waals surface area (Å²) in [4.78, 5) is 32.4. The van der Waals surface area contributed by atoms with E-state index in [0.29, 0.717) is 22.3 Å². The van der Waals surface area contributed by atoms with Crippen LogP contribution in [-0.4, -0.2) is 22.4 Å². The molecule has 2 aromatic carbocycles. The number of nitrogens with zero attached hydrogens (tertiary/aromatic N) is 2. The van der Waals surface area contributed by atoms with E-state index in [-0.39, 0.29) is 18.0 Å². The fraction of sp³-hybridized carbons (Fsp3) is 0.0625. The fourth-order valence-electron chi connectivity index (χ4n) is 2.46. The number of rotatable bonds is 4. The highest BCUT2D eigenvalue weighted by molar-refractivity contribution is 6.27. The van der Waals surface area contributed by atoms with Gasteiger partial charge in [0.2, 0.25) is 0 Å². The highest BCUT2D eigenvalue weighted by Crippen LogP contribution is 2.34. The van der Waals surface area contributed by atoms with E-state index in [1.165, 1.54) is 36.4 Å². The van der Waals surface area contributed by atoms with E-state index in [9.17, 15) is 25.0 Å². The maximum Gasteiger partial charge on any atom is 0.339 e. The van der Waals surface area contributed by atoms with E-state index in [4.69, 9.17) is 4.74 Å². The van der Waals surface area contributed by atoms with Gasteiger partial charge in [-0.15, -0.1) is 0 Å². The van der Waals surface area contributed by atoms with Crippen LogP contribution in [0.15, 0.2) is 48.5 Å². The van der Waals surface area contributed by atoms with Gasteiger partial charge in [0.25, 0.3) is 11.4 Å². The first kappa shape index (κ1) is 15.3. The third-order valence-corrected chi connectivity index (χ3v) is 3.65. The van der Waals surface area contributed by atoms with Crippen LogP contribution in [0, 0.1) is 20.2 Å². The second kappa shape index (κ2) is 5.92. The molecule has 1 aliphatic heterocycles. The third kappa shape index (κ3) is 2.72. The number of benzene rings is 2. The molecule has 120 valence electrons. The Bertz CT molecular complexity index is 868. The van der Waals surface area contributed by atoms with Crippen LogP contribution >= 0.6 is 0 Å². The average Bonchev–Trinajstić information content (AvgIpc) is 2.96. The van der Waals surface area contributed by atoms with E-state index < -0.39 is 15.8 Å². The summed E-state index contributed by atoms with van der Waals surface area (Å²) in [5, 5.41) is 21.4. The number of nitro groups is 2. The summed E-state index contributed by atoms with van der Waals surface area (Å²) in [6.45, 7) is 0.0446. The number of esters is 1. The maximum atomic E-state index is 12.0. The molecular weight excluding hydrogens is 316 g/mol. The first-order chi connectivity index (χ1) is 11.5. The van der Waals surface area contributed by atoms with Crippen molar-refractivity contribution in [2.45, 2.75) is 0 Å². The molecule has 8 heteroatoms. The van der Waals surface area contributed by atoms with Crippen molar-refractivity contribution in [2.75, 3.05) is 6.61 Å². The molecule has 0 aromatic heterocycles. The molecule has 0 N–H and O–H groups in total. The molecule has 1 heterocycles. The van der Waals surface area contributed by atoms with Crippen molar-refractivity contribution in [1.82, 2.24) is 0 Å². The largest absolute Gasteiger partial charge is 0.457 e. The van der Waals surface area contributed by atoms with Crippen molar-refractivity contribution in [1.29, 1.82) is 0 Å². The second-order valence-electron chi connectivity index (χ2n) is 5.04. The Labute approximate surface area is 135 Å². The second-order valence-corrected chi connectivity index (χ2v) is 5.04. The molecule has 2 aromatic rings. The predicted molar refractivity (Wildman–Crippen MR) is 84.0 cm³/mol. The SMILES string of the molecule is O=C1OCC(c2ccc([N+](=O)[O-])cc2)=C1c1ccc([N+](=O)[O-])cc1. The third-order valence-electron chi connectivity index (χ3n) is 3.65. The lowest BCUT2D eigenvalue weighted by Gasteiger charge is -2.04. The summed E-state index contributed by atoms with van der Waals surface area (Å²) in [5.41, 5.74) is 1.88. The predicted octanol–water partition coefficient (Wildman–Crippen LogP) is 2.97. The van der Waals surface area contributed by atoms with E-state index >= 15 is 0 Å². The Balaban J connectivity index is 2.04. The van der Waals surface area contributed by atoms with E-state index in [1.54, 1.807) is 12.1 Å². The molecule has 0 saturated carbocycles. The minimum absolute atomic E-state index is 0.0446. The van der Waals surface area contributed by atoms with Crippen molar-refractivity contribution in [3.63, 3.8) is 0 Å². The van der Waals surface area contributed by atoms with Gasteiger partial charge in [0.1, 0.15) is 6.61 Å². The van der Waals surface area contributed by atoms with Crippen LogP contribution in [-0.2, 0) is 9.53 Å². The van der Waals surface area contributed by atoms with Gasteiger partial charge in [0.15, 0.2) is 0 Å². The van der Waals surface area contributed by atoms with E-state index in [0.717, 1.165) is 0 Å². The minimum atomic E-state index is -0.530. The topological polar surface area (TPSA) is 113 Å². The molecule has 0 radical (unpaired) electrons. The number of carbonyl (C=O) groups is 1. The van der Waals surface area contributed by atoms with E-state index in [1.807, 2.05) is 0 Å². The molecule has 3 rings (SSSR count). The van der Waals surface area contributed by atoms with Crippen molar-refractivity contribution < 1.29 is 19.4 Å². The standard InChI is InChI=1S/C16H10N2O6/c19-16-15(11-3-7-13(8-4-11)18(22)23)14(9-24-16)10-1-5-12(6-2-10)17(20)21/h1-8H,9H2. The van der Waals surface area contributed by atoms with Gasteiger partial charge in [-0.25, -0.2) is 4.79 Å². The van der Waals surface area contributed by atoms with Gasteiger partial charge in [0.05, 0.1) is 15.4 Å². The fourth-order valence-corrected chi connectivity index (χ4v) is 2.46. The first-order valence-corrected chi connectivity index (χ1v) is 6.87. The summed E-state index contributed by atoms with van der Waals surface area (Å²) >= 11 is 0. The van der Waals surface area contributed by atoms with Gasteiger partial charge in [-0.3, -0.25) is 20.2 Å². The van der Waals surface area contributed by atoms with Gasteiger partial charge in [-0.05, 0) is 35.4 Å². The molecule has 0 fully saturated rings. The lowest BCUT2D eigenvalue weighted by atomic mass is 9.96. The zero-order valence-electron chi connectivity index (χ0n) is 12.2. The van der Waals surface area contributed by atoms with Crippen molar-refractivity contribution in [3.8, 4) is 0 Å². The quantitative estimate of drug-likeness (QED) is 0.485. The molecule has 0 aliphatic carbocycles. The zero-order chi connectivity index (χ0) is 17.3. The Morgan fingerprint density at radius 3 is 1.71 bits per heavy atom. The monoisotopic (exact) mass is 326 g/mol. The Morgan fingerprint density at radius 2 is 1.25 bits per heavy atom. The molecular formula is C16H10N2O6. The number of nitro benzene ring substituents is 2. The summed E-state index contributed by atoms with van der Waals surface area (Å²) < 4.78 is 5.06. The Kier molecular flexibility index (Phi) is 3.78. The molecule has 0 unspecified atom stereocenters. The lowest BCUT2D eigenvalue weighted by molar-refractivity contribution is -0.385. The molecule has 0 saturated heterocycles. The van der Waals surface area contributed by atoms with Gasteiger partial charge >= 0.3 is 5.97 Å². The minimum Gasteiger partial charge on any atom is -0.457 e. The Morgan fingerprint density at radius 1 is 0.792 bits per heavy atom. The number of hydrogen-bond acceptors (Lipinski definition) is 6. The number of hydrogen-bond donors (Lipinski definition) is 0. The van der Waals surface area contributed by atoms with Gasteiger partial charge in [0, 0.05) is 29.8 Å². The highest BCUT2D eigenvalue weighted by atomic mass is 16.6. The summed E-state index contributed by atoms with van der Waals surface area (Å²) in [7, 11) is 0. The van der Waals surface area contributed by atoms with Gasteiger partial charge < -0.3 is 4.74 Å². The summed E-state index contributed by atoms with van der Waals surface area (Å²) in [6, 6.07) is 11.3. The molecule has 8 nitrogen and oxygen atoms in total. The maximum absolute atomic E-state index is 12.0. The number of ether oxygens (including phenoxy) is 1. The lowest BCUT2D eigenvalue weighted by Crippen LogP contribution is -1.99. The number of carbonyl (C=O) groups excluding carboxylic acids is 1. The zero-order valence-corrected chi connectivity index (χ0v) is 12.2. The molecule has 1 aliphatic rings. The molecule has 0 bridgehead atoms. The summed E-state index contributed by atoms with van der Waals surface area (Å²) in [6.07, 6.45) is 0. The molecule has 0 amide bonds. The van der Waals surface area contributed by atoms with Crippen LogP contribution < -0.4 is 0 Å². The van der Waals surface area contributed by atoms with Gasteiger partial charge in [-0.1, -0.05) is 0 Å². The smallest absolute Gasteiger partial charge is 0.339 e. The van der Waals surface area contributed by atoms with Crippen LogP contribution in [0.1, 0.15) is 11.1 Å². The van der Waals surface area contributed by atoms with Crippen molar-refractivity contribution in [3.05, 3.63) is 79.9 Å². The highest BCUT2D eigenvalue weighted by Gasteiger charge is 2.27. The van der Waals surface area contributed by atoms with Crippen LogP contribution in [0.5, 0.6) is 0 Å². The Hall–Kier alpha value is -3.55. The van der Waals surface area contributed by atoms with Gasteiger partial charge in [-0.2, -0.15) is 0 Å². The van der Waals surface area contributed by atoms with Crippen molar-refractivity contribution in [2.24, 2.45) is 0 Å². The average molecular weight is 326 g/mol. The number of cyclic esters (lactones) is 1. The molecule has 24 heavy (non-hydrogen) atoms. The molecule has 0 atom stereocenters. The van der Waals surface area contributed by atoms with Crippen molar-refractivity contribution >= 4 is 28.5 Å². The molecule has 0 spiro atoms. The first-order valence-electron chi connectivity index (χ1n) is 6.87. The van der Waals surface area contributed by atoms with Crippen LogP contribution in [0.3, 0.4) is 0 Å². The van der Waals surface area contributed by atoms with E-state index in [2.05, 4.69) is 0 Å².